The molecule has 0 unspecified atom stereocenters. The molecule has 17 heavy (non-hydrogen) atoms. The average Bonchev–Trinajstić information content (AvgIpc) is 2.32. The Morgan fingerprint density at radius 1 is 1.06 bits per heavy atom. The van der Waals surface area contributed by atoms with Crippen molar-refractivity contribution in [3.05, 3.63) is 59.7 Å². The highest BCUT2D eigenvalue weighted by molar-refractivity contribution is 7.80. The zero-order chi connectivity index (χ0) is 12.3. The monoisotopic (exact) mass is 244 g/mol. The Hall–Kier alpha value is -1.74. The van der Waals surface area contributed by atoms with Gasteiger partial charge in [0.1, 0.15) is 5.75 Å². The molecule has 0 radical (unpaired) electrons. The summed E-state index contributed by atoms with van der Waals surface area (Å²) < 4.78 is 5.25. The van der Waals surface area contributed by atoms with Crippen LogP contribution in [0.3, 0.4) is 0 Å². The minimum absolute atomic E-state index is 0.389. The van der Waals surface area contributed by atoms with E-state index in [-0.39, 0.29) is 5.97 Å². The predicted octanol–water partition coefficient (Wildman–Crippen LogP) is 3.50. The van der Waals surface area contributed by atoms with Gasteiger partial charge in [0.15, 0.2) is 0 Å². The number of thiol groups is 1. The van der Waals surface area contributed by atoms with Crippen molar-refractivity contribution >= 4 is 18.6 Å². The van der Waals surface area contributed by atoms with E-state index in [1.54, 1.807) is 30.3 Å². The largest absolute Gasteiger partial charge is 0.423 e. The summed E-state index contributed by atoms with van der Waals surface area (Å²) in [6.45, 7) is 1.98. The van der Waals surface area contributed by atoms with Crippen LogP contribution in [-0.2, 0) is 0 Å². The van der Waals surface area contributed by atoms with Crippen LogP contribution in [-0.4, -0.2) is 5.97 Å². The van der Waals surface area contributed by atoms with Gasteiger partial charge in [0.05, 0.1) is 5.56 Å². The van der Waals surface area contributed by atoms with Gasteiger partial charge in [0, 0.05) is 4.90 Å². The van der Waals surface area contributed by atoms with Gasteiger partial charge in [-0.2, -0.15) is 0 Å². The number of aryl methyl sites for hydroxylation is 1. The molecule has 0 aliphatic heterocycles. The molecule has 86 valence electrons. The summed E-state index contributed by atoms with van der Waals surface area (Å²) in [5.74, 6) is 0.150. The van der Waals surface area contributed by atoms with Crippen LogP contribution in [0.4, 0.5) is 0 Å². The number of carbonyl (C=O) groups excluding carboxylic acids is 1. The Labute approximate surface area is 106 Å². The lowest BCUT2D eigenvalue weighted by molar-refractivity contribution is 0.0731. The summed E-state index contributed by atoms with van der Waals surface area (Å²) in [5.41, 5.74) is 1.59. The van der Waals surface area contributed by atoms with Crippen molar-refractivity contribution < 1.29 is 9.53 Å². The molecular weight excluding hydrogens is 232 g/mol. The highest BCUT2D eigenvalue weighted by Crippen LogP contribution is 2.17. The molecule has 0 aliphatic carbocycles. The van der Waals surface area contributed by atoms with Gasteiger partial charge in [0.2, 0.25) is 0 Å². The van der Waals surface area contributed by atoms with Gasteiger partial charge in [-0.25, -0.2) is 4.79 Å². The smallest absolute Gasteiger partial charge is 0.344 e. The van der Waals surface area contributed by atoms with Crippen LogP contribution >= 0.6 is 12.6 Å². The number of esters is 1. The van der Waals surface area contributed by atoms with Gasteiger partial charge >= 0.3 is 5.97 Å². The molecule has 0 amide bonds. The summed E-state index contributed by atoms with van der Waals surface area (Å²) in [4.78, 5) is 12.5. The molecule has 2 rings (SSSR count). The minimum Gasteiger partial charge on any atom is -0.423 e. The Kier molecular flexibility index (Phi) is 3.49. The Bertz CT molecular complexity index is 532. The van der Waals surface area contributed by atoms with Crippen molar-refractivity contribution in [3.63, 3.8) is 0 Å². The molecule has 0 spiro atoms. The molecule has 2 nitrogen and oxygen atoms in total. The summed E-state index contributed by atoms with van der Waals surface area (Å²) in [6, 6.07) is 14.4. The van der Waals surface area contributed by atoms with Crippen LogP contribution < -0.4 is 4.74 Å². The molecule has 0 N–H and O–H groups in total. The van der Waals surface area contributed by atoms with Crippen LogP contribution in [0.5, 0.6) is 5.75 Å². The maximum Gasteiger partial charge on any atom is 0.344 e. The number of ether oxygens (including phenoxy) is 1. The molecule has 2 aromatic rings. The maximum absolute atomic E-state index is 11.8. The first kappa shape index (κ1) is 11.7. The Morgan fingerprint density at radius 3 is 2.35 bits per heavy atom. The first-order chi connectivity index (χ1) is 8.16. The molecule has 0 saturated carbocycles. The Balaban J connectivity index is 2.17. The zero-order valence-electron chi connectivity index (χ0n) is 9.38. The fourth-order valence-corrected chi connectivity index (χ4v) is 1.67. The van der Waals surface area contributed by atoms with Crippen LogP contribution in [0.1, 0.15) is 15.9 Å². The van der Waals surface area contributed by atoms with Crippen LogP contribution in [0, 0.1) is 6.92 Å². The van der Waals surface area contributed by atoms with E-state index in [1.807, 2.05) is 25.1 Å². The van der Waals surface area contributed by atoms with Gasteiger partial charge in [-0.3, -0.25) is 0 Å². The summed E-state index contributed by atoms with van der Waals surface area (Å²) in [6.07, 6.45) is 0. The van der Waals surface area contributed by atoms with E-state index in [1.165, 1.54) is 0 Å². The highest BCUT2D eigenvalue weighted by Gasteiger charge is 2.10. The molecular formula is C14H12O2S. The second-order valence-electron chi connectivity index (χ2n) is 3.72. The highest BCUT2D eigenvalue weighted by atomic mass is 32.1. The first-order valence-electron chi connectivity index (χ1n) is 5.23. The topological polar surface area (TPSA) is 26.3 Å². The van der Waals surface area contributed by atoms with E-state index in [2.05, 4.69) is 12.6 Å². The maximum atomic E-state index is 11.8. The van der Waals surface area contributed by atoms with Gasteiger partial charge in [-0.15, -0.1) is 12.6 Å². The molecule has 0 aromatic heterocycles. The second kappa shape index (κ2) is 5.06. The van der Waals surface area contributed by atoms with Gasteiger partial charge in [-0.05, 0) is 31.2 Å². The van der Waals surface area contributed by atoms with Crippen molar-refractivity contribution in [3.8, 4) is 5.75 Å². The van der Waals surface area contributed by atoms with Gasteiger partial charge in [0.25, 0.3) is 0 Å². The number of hydrogen-bond acceptors (Lipinski definition) is 3. The van der Waals surface area contributed by atoms with E-state index in [4.69, 9.17) is 4.74 Å². The van der Waals surface area contributed by atoms with Crippen molar-refractivity contribution in [2.24, 2.45) is 0 Å². The van der Waals surface area contributed by atoms with Crippen LogP contribution in [0.25, 0.3) is 0 Å². The number of carbonyl (C=O) groups is 1. The molecule has 2 aromatic carbocycles. The fraction of sp³-hybridized carbons (Fsp3) is 0.0714. The van der Waals surface area contributed by atoms with E-state index in [0.717, 1.165) is 5.56 Å². The third-order valence-corrected chi connectivity index (χ3v) is 2.75. The molecule has 3 heteroatoms. The fourth-order valence-electron chi connectivity index (χ4n) is 1.41. The molecule has 0 aliphatic rings. The Morgan fingerprint density at radius 2 is 1.71 bits per heavy atom. The van der Waals surface area contributed by atoms with E-state index >= 15 is 0 Å². The number of benzene rings is 2. The molecule has 0 atom stereocenters. The first-order valence-corrected chi connectivity index (χ1v) is 5.68. The molecule has 0 bridgehead atoms. The lowest BCUT2D eigenvalue weighted by Gasteiger charge is -2.06. The molecule has 0 saturated heterocycles. The number of rotatable bonds is 2. The van der Waals surface area contributed by atoms with Crippen molar-refractivity contribution in [1.29, 1.82) is 0 Å². The minimum atomic E-state index is -0.389. The quantitative estimate of drug-likeness (QED) is 0.497. The van der Waals surface area contributed by atoms with Gasteiger partial charge in [-0.1, -0.05) is 29.8 Å². The standard InChI is InChI=1S/C14H12O2S/c1-10-6-8-11(9-7-10)16-14(15)12-4-2-3-5-13(12)17/h2-9,17H,1H3. The normalized spacial score (nSPS) is 10.0. The summed E-state index contributed by atoms with van der Waals surface area (Å²) in [7, 11) is 0. The lowest BCUT2D eigenvalue weighted by Crippen LogP contribution is -2.09. The van der Waals surface area contributed by atoms with Gasteiger partial charge < -0.3 is 4.74 Å². The average molecular weight is 244 g/mol. The van der Waals surface area contributed by atoms with Crippen molar-refractivity contribution in [1.82, 2.24) is 0 Å². The van der Waals surface area contributed by atoms with E-state index in [0.29, 0.717) is 16.2 Å². The third-order valence-electron chi connectivity index (χ3n) is 2.36. The van der Waals surface area contributed by atoms with Crippen LogP contribution in [0.2, 0.25) is 0 Å². The van der Waals surface area contributed by atoms with Crippen LogP contribution in [0.15, 0.2) is 53.4 Å². The molecule has 0 heterocycles. The predicted molar refractivity (Wildman–Crippen MR) is 69.8 cm³/mol. The SMILES string of the molecule is Cc1ccc(OC(=O)c2ccccc2S)cc1. The van der Waals surface area contributed by atoms with Crippen molar-refractivity contribution in [2.45, 2.75) is 11.8 Å². The summed E-state index contributed by atoms with van der Waals surface area (Å²) in [5, 5.41) is 0. The second-order valence-corrected chi connectivity index (χ2v) is 4.20. The number of hydrogen-bond donors (Lipinski definition) is 1. The summed E-state index contributed by atoms with van der Waals surface area (Å²) >= 11 is 4.22. The van der Waals surface area contributed by atoms with E-state index < -0.39 is 0 Å². The molecule has 0 fully saturated rings. The third kappa shape index (κ3) is 2.88. The zero-order valence-corrected chi connectivity index (χ0v) is 10.3. The van der Waals surface area contributed by atoms with E-state index in [9.17, 15) is 4.79 Å². The van der Waals surface area contributed by atoms with Crippen molar-refractivity contribution in [2.75, 3.05) is 0 Å². The lowest BCUT2D eigenvalue weighted by atomic mass is 10.2.